The number of aryl methyl sites for hydroxylation is 1. The zero-order valence-corrected chi connectivity index (χ0v) is 9.57. The van der Waals surface area contributed by atoms with Gasteiger partial charge in [-0.05, 0) is 29.3 Å². The molecular weight excluding hydrogens is 212 g/mol. The third kappa shape index (κ3) is 2.20. The molecule has 1 atom stereocenters. The van der Waals surface area contributed by atoms with Crippen molar-refractivity contribution in [3.63, 3.8) is 0 Å². The van der Waals surface area contributed by atoms with Gasteiger partial charge in [0.2, 0.25) is 0 Å². The number of thiophene rings is 1. The Kier molecular flexibility index (Phi) is 2.96. The largest absolute Gasteiger partial charge is 0.324 e. The van der Waals surface area contributed by atoms with Gasteiger partial charge in [-0.25, -0.2) is 4.98 Å². The number of hydrogen-bond donors (Lipinski definition) is 1. The van der Waals surface area contributed by atoms with E-state index < -0.39 is 0 Å². The fraction of sp³-hybridized carbons (Fsp3) is 0.300. The summed E-state index contributed by atoms with van der Waals surface area (Å²) < 4.78 is 0. The number of aromatic nitrogens is 1. The lowest BCUT2D eigenvalue weighted by Crippen LogP contribution is -2.12. The molecule has 0 spiro atoms. The lowest BCUT2D eigenvalue weighted by atomic mass is 10.1. The molecule has 0 saturated heterocycles. The van der Waals surface area contributed by atoms with Gasteiger partial charge in [0, 0.05) is 23.5 Å². The van der Waals surface area contributed by atoms with Crippen molar-refractivity contribution in [3.8, 4) is 0 Å². The molecule has 0 aromatic carbocycles. The van der Waals surface area contributed by atoms with Crippen molar-refractivity contribution < 1.29 is 0 Å². The van der Waals surface area contributed by atoms with E-state index in [1.807, 2.05) is 6.92 Å². The Morgan fingerprint density at radius 1 is 1.50 bits per heavy atom. The predicted octanol–water partition coefficient (Wildman–Crippen LogP) is 2.76. The van der Waals surface area contributed by atoms with Crippen molar-refractivity contribution in [1.29, 1.82) is 0 Å². The zero-order chi connectivity index (χ0) is 9.97. The average molecular weight is 224 g/mol. The Balaban J connectivity index is 2.05. The number of hydrogen-bond acceptors (Lipinski definition) is 4. The molecule has 74 valence electrons. The van der Waals surface area contributed by atoms with Crippen LogP contribution in [0.1, 0.15) is 22.3 Å². The van der Waals surface area contributed by atoms with Crippen LogP contribution >= 0.6 is 22.7 Å². The average Bonchev–Trinajstić information content (AvgIpc) is 2.75. The molecule has 0 aliphatic heterocycles. The highest BCUT2D eigenvalue weighted by atomic mass is 32.1. The van der Waals surface area contributed by atoms with E-state index in [9.17, 15) is 0 Å². The van der Waals surface area contributed by atoms with E-state index in [0.29, 0.717) is 0 Å². The minimum absolute atomic E-state index is 0.0896. The molecule has 14 heavy (non-hydrogen) atoms. The molecule has 0 aliphatic rings. The highest BCUT2D eigenvalue weighted by Gasteiger charge is 2.09. The first-order chi connectivity index (χ1) is 6.75. The monoisotopic (exact) mass is 224 g/mol. The molecule has 2 heterocycles. The van der Waals surface area contributed by atoms with Crippen molar-refractivity contribution >= 4 is 22.7 Å². The van der Waals surface area contributed by atoms with Crippen LogP contribution in [0, 0.1) is 6.92 Å². The van der Waals surface area contributed by atoms with Crippen LogP contribution in [0.5, 0.6) is 0 Å². The zero-order valence-electron chi connectivity index (χ0n) is 7.93. The van der Waals surface area contributed by atoms with Crippen LogP contribution in [0.4, 0.5) is 0 Å². The normalized spacial score (nSPS) is 13.0. The van der Waals surface area contributed by atoms with Crippen LogP contribution in [-0.2, 0) is 6.42 Å². The van der Waals surface area contributed by atoms with E-state index in [2.05, 4.69) is 27.2 Å². The van der Waals surface area contributed by atoms with Gasteiger partial charge in [-0.15, -0.1) is 11.3 Å². The number of nitrogens with zero attached hydrogens (tertiary/aromatic N) is 1. The summed E-state index contributed by atoms with van der Waals surface area (Å²) in [5, 5.41) is 7.35. The molecule has 1 unspecified atom stereocenters. The minimum Gasteiger partial charge on any atom is -0.324 e. The highest BCUT2D eigenvalue weighted by molar-refractivity contribution is 7.09. The van der Waals surface area contributed by atoms with Crippen molar-refractivity contribution in [1.82, 2.24) is 4.98 Å². The predicted molar refractivity (Wildman–Crippen MR) is 61.8 cm³/mol. The van der Waals surface area contributed by atoms with Gasteiger partial charge in [0.25, 0.3) is 0 Å². The molecule has 0 fully saturated rings. The molecule has 0 radical (unpaired) electrons. The summed E-state index contributed by atoms with van der Waals surface area (Å²) >= 11 is 3.37. The Hall–Kier alpha value is -0.710. The molecule has 2 aromatic heterocycles. The summed E-state index contributed by atoms with van der Waals surface area (Å²) in [7, 11) is 0. The van der Waals surface area contributed by atoms with E-state index in [-0.39, 0.29) is 6.04 Å². The van der Waals surface area contributed by atoms with E-state index in [4.69, 9.17) is 5.73 Å². The fourth-order valence-electron chi connectivity index (χ4n) is 1.29. The summed E-state index contributed by atoms with van der Waals surface area (Å²) in [5.41, 5.74) is 8.35. The highest BCUT2D eigenvalue weighted by Crippen LogP contribution is 2.20. The first-order valence-electron chi connectivity index (χ1n) is 4.44. The van der Waals surface area contributed by atoms with E-state index in [1.165, 1.54) is 5.56 Å². The van der Waals surface area contributed by atoms with Gasteiger partial charge < -0.3 is 5.73 Å². The maximum atomic E-state index is 6.05. The van der Waals surface area contributed by atoms with Crippen LogP contribution in [-0.4, -0.2) is 4.98 Å². The lowest BCUT2D eigenvalue weighted by molar-refractivity contribution is 0.719. The summed E-state index contributed by atoms with van der Waals surface area (Å²) in [6.45, 7) is 2.01. The molecule has 2 rings (SSSR count). The summed E-state index contributed by atoms with van der Waals surface area (Å²) in [6.07, 6.45) is 0.842. The Bertz CT molecular complexity index is 392. The number of thiazole rings is 1. The molecule has 0 aliphatic carbocycles. The molecule has 4 heteroatoms. The SMILES string of the molecule is Cc1csc(CC(N)c2ccsc2)n1. The molecular formula is C10H12N2S2. The Labute approximate surface area is 91.4 Å². The number of rotatable bonds is 3. The second-order valence-electron chi connectivity index (χ2n) is 3.25. The maximum Gasteiger partial charge on any atom is 0.0947 e. The Morgan fingerprint density at radius 3 is 2.93 bits per heavy atom. The van der Waals surface area contributed by atoms with Crippen LogP contribution in [0.3, 0.4) is 0 Å². The molecule has 2 N–H and O–H groups in total. The van der Waals surface area contributed by atoms with Gasteiger partial charge >= 0.3 is 0 Å². The van der Waals surface area contributed by atoms with E-state index in [0.717, 1.165) is 17.1 Å². The molecule has 0 saturated carbocycles. The van der Waals surface area contributed by atoms with Crippen LogP contribution < -0.4 is 5.73 Å². The second kappa shape index (κ2) is 4.21. The first-order valence-corrected chi connectivity index (χ1v) is 6.26. The van der Waals surface area contributed by atoms with Crippen LogP contribution in [0.15, 0.2) is 22.2 Å². The molecule has 0 bridgehead atoms. The standard InChI is InChI=1S/C10H12N2S2/c1-7-5-14-10(12-7)4-9(11)8-2-3-13-6-8/h2-3,5-6,9H,4,11H2,1H3. The van der Waals surface area contributed by atoms with E-state index >= 15 is 0 Å². The lowest BCUT2D eigenvalue weighted by Gasteiger charge is -2.06. The van der Waals surface area contributed by atoms with Crippen LogP contribution in [0.2, 0.25) is 0 Å². The van der Waals surface area contributed by atoms with Gasteiger partial charge in [0.1, 0.15) is 0 Å². The fourth-order valence-corrected chi connectivity index (χ4v) is 2.84. The van der Waals surface area contributed by atoms with Crippen molar-refractivity contribution in [2.75, 3.05) is 0 Å². The maximum absolute atomic E-state index is 6.05. The third-order valence-corrected chi connectivity index (χ3v) is 3.72. The van der Waals surface area contributed by atoms with Gasteiger partial charge in [0.05, 0.1) is 5.01 Å². The van der Waals surface area contributed by atoms with Gasteiger partial charge in [0.15, 0.2) is 0 Å². The molecule has 0 amide bonds. The smallest absolute Gasteiger partial charge is 0.0947 e. The van der Waals surface area contributed by atoms with Crippen molar-refractivity contribution in [2.24, 2.45) is 5.73 Å². The summed E-state index contributed by atoms with van der Waals surface area (Å²) in [4.78, 5) is 4.40. The van der Waals surface area contributed by atoms with Gasteiger partial charge in [-0.2, -0.15) is 11.3 Å². The first kappa shape index (κ1) is 9.83. The minimum atomic E-state index is 0.0896. The molecule has 2 nitrogen and oxygen atoms in total. The van der Waals surface area contributed by atoms with Crippen LogP contribution in [0.25, 0.3) is 0 Å². The number of nitrogens with two attached hydrogens (primary N) is 1. The van der Waals surface area contributed by atoms with Gasteiger partial charge in [-0.1, -0.05) is 0 Å². The van der Waals surface area contributed by atoms with Crippen molar-refractivity contribution in [3.05, 3.63) is 38.5 Å². The Morgan fingerprint density at radius 2 is 2.36 bits per heavy atom. The van der Waals surface area contributed by atoms with E-state index in [1.54, 1.807) is 22.7 Å². The molecule has 2 aromatic rings. The topological polar surface area (TPSA) is 38.9 Å². The van der Waals surface area contributed by atoms with Gasteiger partial charge in [-0.3, -0.25) is 0 Å². The van der Waals surface area contributed by atoms with Crippen molar-refractivity contribution in [2.45, 2.75) is 19.4 Å². The summed E-state index contributed by atoms with van der Waals surface area (Å²) in [6, 6.07) is 2.17. The second-order valence-corrected chi connectivity index (χ2v) is 4.97. The third-order valence-electron chi connectivity index (χ3n) is 2.03. The quantitative estimate of drug-likeness (QED) is 0.870. The summed E-state index contributed by atoms with van der Waals surface area (Å²) in [5.74, 6) is 0.